The standard InChI is InChI=1S/C16H34N4.HI/c1-6-20(7-2)15(10-13(3)4)12-19-16(17-5)18-11-14-8-9-14;/h13-15H,6-12H2,1-5H3,(H2,17,18,19);1H. The number of rotatable bonds is 9. The Morgan fingerprint density at radius 2 is 1.81 bits per heavy atom. The number of likely N-dealkylation sites (N-methyl/N-ethyl adjacent to an activating group) is 1. The Balaban J connectivity index is 0.00000400. The van der Waals surface area contributed by atoms with Crippen LogP contribution in [0, 0.1) is 11.8 Å². The lowest BCUT2D eigenvalue weighted by Crippen LogP contribution is -2.48. The molecule has 0 aliphatic heterocycles. The molecule has 0 saturated heterocycles. The molecule has 21 heavy (non-hydrogen) atoms. The van der Waals surface area contributed by atoms with Gasteiger partial charge < -0.3 is 10.6 Å². The van der Waals surface area contributed by atoms with Crippen LogP contribution in [0.15, 0.2) is 4.99 Å². The zero-order chi connectivity index (χ0) is 15.0. The third kappa shape index (κ3) is 8.86. The Labute approximate surface area is 148 Å². The van der Waals surface area contributed by atoms with Crippen LogP contribution in [0.1, 0.15) is 47.0 Å². The van der Waals surface area contributed by atoms with Gasteiger partial charge in [-0.1, -0.05) is 27.7 Å². The first kappa shape index (κ1) is 21.0. The van der Waals surface area contributed by atoms with Crippen LogP contribution in [0.2, 0.25) is 0 Å². The van der Waals surface area contributed by atoms with Gasteiger partial charge in [-0.2, -0.15) is 0 Å². The van der Waals surface area contributed by atoms with Gasteiger partial charge in [0.05, 0.1) is 0 Å². The van der Waals surface area contributed by atoms with Crippen LogP contribution in [-0.2, 0) is 0 Å². The molecule has 1 fully saturated rings. The van der Waals surface area contributed by atoms with Crippen LogP contribution in [0.3, 0.4) is 0 Å². The highest BCUT2D eigenvalue weighted by molar-refractivity contribution is 14.0. The summed E-state index contributed by atoms with van der Waals surface area (Å²) in [6, 6.07) is 0.587. The van der Waals surface area contributed by atoms with Crippen LogP contribution < -0.4 is 10.6 Å². The molecule has 0 radical (unpaired) electrons. The number of nitrogens with one attached hydrogen (secondary N) is 2. The predicted octanol–water partition coefficient (Wildman–Crippen LogP) is 2.94. The van der Waals surface area contributed by atoms with Crippen LogP contribution in [0.5, 0.6) is 0 Å². The highest BCUT2D eigenvalue weighted by atomic mass is 127. The molecule has 0 aromatic rings. The number of hydrogen-bond donors (Lipinski definition) is 2. The average molecular weight is 410 g/mol. The van der Waals surface area contributed by atoms with Crippen molar-refractivity contribution in [2.24, 2.45) is 16.8 Å². The second-order valence-electron chi connectivity index (χ2n) is 6.28. The summed E-state index contributed by atoms with van der Waals surface area (Å²) in [5, 5.41) is 6.94. The summed E-state index contributed by atoms with van der Waals surface area (Å²) in [7, 11) is 1.86. The maximum Gasteiger partial charge on any atom is 0.191 e. The van der Waals surface area contributed by atoms with Crippen LogP contribution >= 0.6 is 24.0 Å². The Hall–Kier alpha value is -0.0400. The van der Waals surface area contributed by atoms with E-state index in [1.807, 2.05) is 7.05 Å². The van der Waals surface area contributed by atoms with E-state index < -0.39 is 0 Å². The van der Waals surface area contributed by atoms with Crippen molar-refractivity contribution in [1.29, 1.82) is 0 Å². The molecule has 1 atom stereocenters. The van der Waals surface area contributed by atoms with E-state index in [0.29, 0.717) is 6.04 Å². The van der Waals surface area contributed by atoms with E-state index in [1.54, 1.807) is 0 Å². The summed E-state index contributed by atoms with van der Waals surface area (Å²) < 4.78 is 0. The van der Waals surface area contributed by atoms with Crippen molar-refractivity contribution >= 4 is 29.9 Å². The molecule has 1 aliphatic rings. The molecule has 4 nitrogen and oxygen atoms in total. The fourth-order valence-corrected chi connectivity index (χ4v) is 2.64. The lowest BCUT2D eigenvalue weighted by atomic mass is 10.0. The van der Waals surface area contributed by atoms with Gasteiger partial charge in [0, 0.05) is 26.2 Å². The molecule has 0 bridgehead atoms. The Kier molecular flexibility index (Phi) is 11.5. The maximum absolute atomic E-state index is 4.33. The molecule has 2 N–H and O–H groups in total. The minimum absolute atomic E-state index is 0. The predicted molar refractivity (Wildman–Crippen MR) is 104 cm³/mol. The quantitative estimate of drug-likeness (QED) is 0.349. The lowest BCUT2D eigenvalue weighted by Gasteiger charge is -2.31. The van der Waals surface area contributed by atoms with Gasteiger partial charge in [-0.25, -0.2) is 0 Å². The van der Waals surface area contributed by atoms with Crippen LogP contribution in [0.4, 0.5) is 0 Å². The fourth-order valence-electron chi connectivity index (χ4n) is 2.64. The van der Waals surface area contributed by atoms with Crippen molar-refractivity contribution < 1.29 is 0 Å². The molecule has 1 rings (SSSR count). The molecular weight excluding hydrogens is 375 g/mol. The first-order chi connectivity index (χ1) is 9.60. The van der Waals surface area contributed by atoms with Crippen LogP contribution in [0.25, 0.3) is 0 Å². The van der Waals surface area contributed by atoms with E-state index in [1.165, 1.54) is 19.3 Å². The maximum atomic E-state index is 4.33. The van der Waals surface area contributed by atoms with E-state index >= 15 is 0 Å². The molecule has 0 heterocycles. The molecule has 1 unspecified atom stereocenters. The molecule has 1 saturated carbocycles. The minimum atomic E-state index is 0. The molecule has 126 valence electrons. The van der Waals surface area contributed by atoms with Crippen molar-refractivity contribution in [2.45, 2.75) is 53.0 Å². The molecule has 0 aromatic heterocycles. The number of guanidine groups is 1. The average Bonchev–Trinajstić information content (AvgIpc) is 3.23. The monoisotopic (exact) mass is 410 g/mol. The van der Waals surface area contributed by atoms with Gasteiger partial charge in [-0.3, -0.25) is 9.89 Å². The zero-order valence-corrected chi connectivity index (χ0v) is 16.8. The van der Waals surface area contributed by atoms with Crippen molar-refractivity contribution in [3.8, 4) is 0 Å². The van der Waals surface area contributed by atoms with Gasteiger partial charge in [-0.05, 0) is 44.2 Å². The van der Waals surface area contributed by atoms with Crippen molar-refractivity contribution in [2.75, 3.05) is 33.2 Å². The van der Waals surface area contributed by atoms with Crippen molar-refractivity contribution in [3.05, 3.63) is 0 Å². The van der Waals surface area contributed by atoms with Gasteiger partial charge >= 0.3 is 0 Å². The second kappa shape index (κ2) is 11.5. The van der Waals surface area contributed by atoms with Gasteiger partial charge in [-0.15, -0.1) is 24.0 Å². The molecule has 0 amide bonds. The number of hydrogen-bond acceptors (Lipinski definition) is 2. The fraction of sp³-hybridized carbons (Fsp3) is 0.938. The number of halogens is 1. The van der Waals surface area contributed by atoms with Crippen molar-refractivity contribution in [1.82, 2.24) is 15.5 Å². The zero-order valence-electron chi connectivity index (χ0n) is 14.5. The smallest absolute Gasteiger partial charge is 0.191 e. The normalized spacial score (nSPS) is 16.8. The first-order valence-electron chi connectivity index (χ1n) is 8.29. The third-order valence-electron chi connectivity index (χ3n) is 4.06. The lowest BCUT2D eigenvalue weighted by molar-refractivity contribution is 0.191. The molecule has 0 aromatic carbocycles. The largest absolute Gasteiger partial charge is 0.356 e. The van der Waals surface area contributed by atoms with Gasteiger partial charge in [0.25, 0.3) is 0 Å². The molecule has 5 heteroatoms. The Morgan fingerprint density at radius 3 is 2.24 bits per heavy atom. The molecule has 1 aliphatic carbocycles. The summed E-state index contributed by atoms with van der Waals surface area (Å²) in [5.74, 6) is 2.56. The van der Waals surface area contributed by atoms with E-state index in [-0.39, 0.29) is 24.0 Å². The minimum Gasteiger partial charge on any atom is -0.356 e. The highest BCUT2D eigenvalue weighted by Crippen LogP contribution is 2.27. The summed E-state index contributed by atoms with van der Waals surface area (Å²) >= 11 is 0. The summed E-state index contributed by atoms with van der Waals surface area (Å²) in [6.07, 6.45) is 3.98. The second-order valence-corrected chi connectivity index (χ2v) is 6.28. The molecule has 0 spiro atoms. The summed E-state index contributed by atoms with van der Waals surface area (Å²) in [5.41, 5.74) is 0. The third-order valence-corrected chi connectivity index (χ3v) is 4.06. The SMILES string of the molecule is CCN(CC)C(CNC(=NC)NCC1CC1)CC(C)C.I. The van der Waals surface area contributed by atoms with E-state index in [2.05, 4.69) is 48.2 Å². The van der Waals surface area contributed by atoms with Gasteiger partial charge in [0.1, 0.15) is 0 Å². The van der Waals surface area contributed by atoms with E-state index in [4.69, 9.17) is 0 Å². The Morgan fingerprint density at radius 1 is 1.19 bits per heavy atom. The van der Waals surface area contributed by atoms with E-state index in [9.17, 15) is 0 Å². The first-order valence-corrected chi connectivity index (χ1v) is 8.29. The van der Waals surface area contributed by atoms with Gasteiger partial charge in [0.2, 0.25) is 0 Å². The topological polar surface area (TPSA) is 39.7 Å². The number of nitrogens with zero attached hydrogens (tertiary/aromatic N) is 2. The van der Waals surface area contributed by atoms with E-state index in [0.717, 1.165) is 44.0 Å². The summed E-state index contributed by atoms with van der Waals surface area (Å²) in [4.78, 5) is 6.87. The van der Waals surface area contributed by atoms with Crippen molar-refractivity contribution in [3.63, 3.8) is 0 Å². The highest BCUT2D eigenvalue weighted by Gasteiger charge is 2.21. The molecular formula is C16H35IN4. The Bertz CT molecular complexity index is 286. The van der Waals surface area contributed by atoms with Gasteiger partial charge in [0.15, 0.2) is 5.96 Å². The summed E-state index contributed by atoms with van der Waals surface area (Å²) in [6.45, 7) is 13.4. The number of aliphatic imine (C=N–C) groups is 1. The van der Waals surface area contributed by atoms with Crippen LogP contribution in [-0.4, -0.2) is 50.1 Å².